The van der Waals surface area contributed by atoms with Crippen LogP contribution in [0.15, 0.2) is 65.4 Å². The molecule has 0 atom stereocenters. The van der Waals surface area contributed by atoms with Gasteiger partial charge in [0.05, 0.1) is 34.8 Å². The van der Waals surface area contributed by atoms with E-state index in [0.717, 1.165) is 26.8 Å². The van der Waals surface area contributed by atoms with E-state index in [9.17, 15) is 4.79 Å². The first-order chi connectivity index (χ1) is 12.6. The number of benzene rings is 2. The number of carbonyl (C=O) groups is 1. The van der Waals surface area contributed by atoms with Crippen molar-refractivity contribution in [1.82, 2.24) is 20.0 Å². The van der Waals surface area contributed by atoms with Crippen molar-refractivity contribution >= 4 is 38.4 Å². The zero-order chi connectivity index (χ0) is 18.1. The van der Waals surface area contributed by atoms with Crippen LogP contribution in [-0.2, 0) is 0 Å². The van der Waals surface area contributed by atoms with Crippen LogP contribution in [0, 0.1) is 6.92 Å². The van der Waals surface area contributed by atoms with E-state index < -0.39 is 0 Å². The number of nitrogens with zero attached hydrogens (tertiary/aromatic N) is 4. The minimum atomic E-state index is -0.199. The molecule has 4 rings (SSSR count). The second kappa shape index (κ2) is 6.68. The molecule has 0 saturated carbocycles. The summed E-state index contributed by atoms with van der Waals surface area (Å²) in [5.74, 6) is -0.199. The Morgan fingerprint density at radius 3 is 2.81 bits per heavy atom. The first kappa shape index (κ1) is 16.4. The molecular formula is C19H14BrN5O. The van der Waals surface area contributed by atoms with Gasteiger partial charge in [-0.1, -0.05) is 39.3 Å². The van der Waals surface area contributed by atoms with Gasteiger partial charge in [0.1, 0.15) is 0 Å². The maximum atomic E-state index is 13.0. The van der Waals surface area contributed by atoms with E-state index >= 15 is 0 Å². The molecule has 0 unspecified atom stereocenters. The summed E-state index contributed by atoms with van der Waals surface area (Å²) in [4.78, 5) is 17.5. The number of aromatic nitrogens is 4. The summed E-state index contributed by atoms with van der Waals surface area (Å²) >= 11 is 3.45. The number of fused-ring (bicyclic) bond motifs is 1. The van der Waals surface area contributed by atoms with Gasteiger partial charge in [0.25, 0.3) is 5.91 Å². The summed E-state index contributed by atoms with van der Waals surface area (Å²) in [7, 11) is 0. The monoisotopic (exact) mass is 407 g/mol. The molecule has 0 fully saturated rings. The van der Waals surface area contributed by atoms with Crippen molar-refractivity contribution in [2.75, 3.05) is 5.32 Å². The van der Waals surface area contributed by atoms with Crippen molar-refractivity contribution in [3.63, 3.8) is 0 Å². The van der Waals surface area contributed by atoms with Gasteiger partial charge >= 0.3 is 0 Å². The van der Waals surface area contributed by atoms with Gasteiger partial charge in [-0.25, -0.2) is 4.68 Å². The van der Waals surface area contributed by atoms with Gasteiger partial charge in [-0.05, 0) is 37.3 Å². The van der Waals surface area contributed by atoms with Crippen molar-refractivity contribution in [3.05, 3.63) is 76.7 Å². The van der Waals surface area contributed by atoms with Crippen molar-refractivity contribution in [2.24, 2.45) is 0 Å². The standard InChI is InChI=1S/C19H14BrN5O/c1-12-10-15(14-7-6-13(20)11-17(14)22-12)19(26)23-16-4-2-3-5-18(16)25-9-8-21-24-25/h2-11H,1H3,(H,23,26). The first-order valence-electron chi connectivity index (χ1n) is 7.96. The molecule has 1 N–H and O–H groups in total. The van der Waals surface area contributed by atoms with Crippen molar-refractivity contribution in [1.29, 1.82) is 0 Å². The molecular weight excluding hydrogens is 394 g/mol. The van der Waals surface area contributed by atoms with E-state index in [1.807, 2.05) is 49.4 Å². The Bertz CT molecular complexity index is 1100. The highest BCUT2D eigenvalue weighted by atomic mass is 79.9. The number of carbonyl (C=O) groups excluding carboxylic acids is 1. The molecule has 0 spiro atoms. The van der Waals surface area contributed by atoms with Crippen LogP contribution >= 0.6 is 15.9 Å². The molecule has 0 aliphatic carbocycles. The molecule has 26 heavy (non-hydrogen) atoms. The summed E-state index contributed by atoms with van der Waals surface area (Å²) in [6.45, 7) is 1.88. The zero-order valence-electron chi connectivity index (χ0n) is 13.8. The average Bonchev–Trinajstić information content (AvgIpc) is 3.15. The lowest BCUT2D eigenvalue weighted by molar-refractivity contribution is 0.102. The number of nitrogens with one attached hydrogen (secondary N) is 1. The Hall–Kier alpha value is -3.06. The Kier molecular flexibility index (Phi) is 4.22. The van der Waals surface area contributed by atoms with Gasteiger partial charge in [-0.2, -0.15) is 0 Å². The molecule has 128 valence electrons. The van der Waals surface area contributed by atoms with E-state index in [4.69, 9.17) is 0 Å². The minimum absolute atomic E-state index is 0.199. The van der Waals surface area contributed by atoms with Gasteiger partial charge in [-0.15, -0.1) is 5.10 Å². The largest absolute Gasteiger partial charge is 0.320 e. The molecule has 0 bridgehead atoms. The van der Waals surface area contributed by atoms with Crippen LogP contribution < -0.4 is 5.32 Å². The molecule has 0 saturated heterocycles. The molecule has 7 heteroatoms. The lowest BCUT2D eigenvalue weighted by atomic mass is 10.1. The highest BCUT2D eigenvalue weighted by Crippen LogP contribution is 2.25. The lowest BCUT2D eigenvalue weighted by Gasteiger charge is -2.12. The molecule has 0 aliphatic heterocycles. The molecule has 0 aliphatic rings. The maximum absolute atomic E-state index is 13.0. The maximum Gasteiger partial charge on any atom is 0.256 e. The Morgan fingerprint density at radius 2 is 2.00 bits per heavy atom. The van der Waals surface area contributed by atoms with Crippen molar-refractivity contribution in [2.45, 2.75) is 6.92 Å². The highest BCUT2D eigenvalue weighted by Gasteiger charge is 2.15. The molecule has 1 amide bonds. The number of para-hydroxylation sites is 2. The highest BCUT2D eigenvalue weighted by molar-refractivity contribution is 9.10. The number of hydrogen-bond donors (Lipinski definition) is 1. The van der Waals surface area contributed by atoms with Crippen molar-refractivity contribution < 1.29 is 4.79 Å². The molecule has 2 aromatic heterocycles. The number of aryl methyl sites for hydroxylation is 1. The third kappa shape index (κ3) is 3.09. The normalized spacial score (nSPS) is 10.8. The van der Waals surface area contributed by atoms with Crippen LogP contribution in [0.5, 0.6) is 0 Å². The van der Waals surface area contributed by atoms with E-state index in [-0.39, 0.29) is 5.91 Å². The van der Waals surface area contributed by atoms with E-state index in [1.54, 1.807) is 23.1 Å². The number of halogens is 1. The molecule has 6 nitrogen and oxygen atoms in total. The smallest absolute Gasteiger partial charge is 0.256 e. The summed E-state index contributed by atoms with van der Waals surface area (Å²) in [6, 6.07) is 15.0. The lowest BCUT2D eigenvalue weighted by Crippen LogP contribution is -2.15. The van der Waals surface area contributed by atoms with Gasteiger partial charge in [0.15, 0.2) is 0 Å². The third-order valence-corrected chi connectivity index (χ3v) is 4.46. The summed E-state index contributed by atoms with van der Waals surface area (Å²) in [6.07, 6.45) is 3.32. The fourth-order valence-corrected chi connectivity index (χ4v) is 3.18. The predicted octanol–water partition coefficient (Wildman–Crippen LogP) is 4.14. The predicted molar refractivity (Wildman–Crippen MR) is 103 cm³/mol. The third-order valence-electron chi connectivity index (χ3n) is 3.97. The van der Waals surface area contributed by atoms with E-state index in [2.05, 4.69) is 36.5 Å². The molecule has 0 radical (unpaired) electrons. The Labute approximate surface area is 158 Å². The quantitative estimate of drug-likeness (QED) is 0.553. The number of anilines is 1. The van der Waals surface area contributed by atoms with Crippen LogP contribution in [0.3, 0.4) is 0 Å². The molecule has 4 aromatic rings. The number of rotatable bonds is 3. The fraction of sp³-hybridized carbons (Fsp3) is 0.0526. The SMILES string of the molecule is Cc1cc(C(=O)Nc2ccccc2-n2ccnn2)c2ccc(Br)cc2n1. The zero-order valence-corrected chi connectivity index (χ0v) is 15.4. The average molecular weight is 408 g/mol. The Morgan fingerprint density at radius 1 is 1.15 bits per heavy atom. The first-order valence-corrected chi connectivity index (χ1v) is 8.75. The Balaban J connectivity index is 1.76. The van der Waals surface area contributed by atoms with Crippen LogP contribution in [0.25, 0.3) is 16.6 Å². The summed E-state index contributed by atoms with van der Waals surface area (Å²) < 4.78 is 2.54. The summed E-state index contributed by atoms with van der Waals surface area (Å²) in [5, 5.41) is 11.6. The number of amides is 1. The number of pyridine rings is 1. The van der Waals surface area contributed by atoms with Crippen LogP contribution in [0.1, 0.15) is 16.1 Å². The number of hydrogen-bond acceptors (Lipinski definition) is 4. The van der Waals surface area contributed by atoms with E-state index in [0.29, 0.717) is 11.3 Å². The summed E-state index contributed by atoms with van der Waals surface area (Å²) in [5.41, 5.74) is 3.53. The van der Waals surface area contributed by atoms with Crippen LogP contribution in [0.4, 0.5) is 5.69 Å². The van der Waals surface area contributed by atoms with Gasteiger partial charge in [-0.3, -0.25) is 9.78 Å². The fourth-order valence-electron chi connectivity index (χ4n) is 2.83. The topological polar surface area (TPSA) is 72.7 Å². The van der Waals surface area contributed by atoms with Crippen LogP contribution in [0.2, 0.25) is 0 Å². The van der Waals surface area contributed by atoms with Crippen LogP contribution in [-0.4, -0.2) is 25.9 Å². The molecule has 2 heterocycles. The van der Waals surface area contributed by atoms with Gasteiger partial charge in [0.2, 0.25) is 0 Å². The van der Waals surface area contributed by atoms with Crippen molar-refractivity contribution in [3.8, 4) is 5.69 Å². The van der Waals surface area contributed by atoms with Gasteiger partial charge < -0.3 is 5.32 Å². The second-order valence-electron chi connectivity index (χ2n) is 5.79. The van der Waals surface area contributed by atoms with E-state index in [1.165, 1.54) is 0 Å². The van der Waals surface area contributed by atoms with Gasteiger partial charge in [0, 0.05) is 15.6 Å². The minimum Gasteiger partial charge on any atom is -0.320 e. The molecule has 2 aromatic carbocycles. The second-order valence-corrected chi connectivity index (χ2v) is 6.71.